The number of likely N-dealkylation sites (tertiary alicyclic amines) is 1. The quantitative estimate of drug-likeness (QED) is 0.243. The zero-order chi connectivity index (χ0) is 34.9. The minimum absolute atomic E-state index is 0.0251. The molecule has 0 bridgehead atoms. The predicted octanol–water partition coefficient (Wildman–Crippen LogP) is 4.60. The molecule has 3 aromatic rings. The summed E-state index contributed by atoms with van der Waals surface area (Å²) in [6.45, 7) is 11.6. The number of hydrogen-bond acceptors (Lipinski definition) is 7. The first kappa shape index (κ1) is 36.1. The Balaban J connectivity index is 1.56. The van der Waals surface area contributed by atoms with E-state index in [9.17, 15) is 19.2 Å². The zero-order valence-corrected chi connectivity index (χ0v) is 28.7. The fourth-order valence-corrected chi connectivity index (χ4v) is 5.36. The van der Waals surface area contributed by atoms with E-state index in [1.165, 1.54) is 13.8 Å². The molecule has 1 unspecified atom stereocenters. The van der Waals surface area contributed by atoms with Gasteiger partial charge in [0.25, 0.3) is 5.91 Å². The summed E-state index contributed by atoms with van der Waals surface area (Å²) >= 11 is 0. The second kappa shape index (κ2) is 15.9. The molecule has 2 atom stereocenters. The van der Waals surface area contributed by atoms with Crippen molar-refractivity contribution in [2.24, 2.45) is 0 Å². The lowest BCUT2D eigenvalue weighted by molar-refractivity contribution is -0.132. The molecule has 0 saturated carbocycles. The largest absolute Gasteiger partial charge is 0.444 e. The number of rotatable bonds is 13. The Hall–Kier alpha value is -4.71. The van der Waals surface area contributed by atoms with Gasteiger partial charge in [-0.15, -0.1) is 0 Å². The molecule has 1 aliphatic heterocycles. The van der Waals surface area contributed by atoms with Gasteiger partial charge < -0.3 is 34.9 Å². The topological polar surface area (TPSA) is 144 Å². The van der Waals surface area contributed by atoms with Crippen molar-refractivity contribution in [3.63, 3.8) is 0 Å². The summed E-state index contributed by atoms with van der Waals surface area (Å²) in [5, 5.41) is 8.13. The number of imidazole rings is 1. The van der Waals surface area contributed by atoms with Crippen LogP contribution in [0.5, 0.6) is 0 Å². The maximum Gasteiger partial charge on any atom is 0.408 e. The maximum atomic E-state index is 13.8. The number of aryl methyl sites for hydroxylation is 1. The number of carbonyl (C=O) groups excluding carboxylic acids is 4. The van der Waals surface area contributed by atoms with Gasteiger partial charge in [0.15, 0.2) is 5.82 Å². The Morgan fingerprint density at radius 3 is 2.15 bits per heavy atom. The number of hydrogen-bond donors (Lipinski definition) is 3. The number of benzene rings is 2. The molecule has 0 aliphatic carbocycles. The highest BCUT2D eigenvalue weighted by atomic mass is 16.6. The van der Waals surface area contributed by atoms with Gasteiger partial charge in [0.1, 0.15) is 29.0 Å². The second-order valence-corrected chi connectivity index (χ2v) is 13.4. The first-order valence-corrected chi connectivity index (χ1v) is 16.4. The van der Waals surface area contributed by atoms with E-state index in [1.54, 1.807) is 27.0 Å². The van der Waals surface area contributed by atoms with Gasteiger partial charge in [-0.25, -0.2) is 9.78 Å². The van der Waals surface area contributed by atoms with Crippen LogP contribution in [0.3, 0.4) is 0 Å². The van der Waals surface area contributed by atoms with E-state index in [-0.39, 0.29) is 24.9 Å². The molecule has 2 aromatic carbocycles. The minimum Gasteiger partial charge on any atom is -0.444 e. The van der Waals surface area contributed by atoms with Crippen LogP contribution in [0.1, 0.15) is 77.4 Å². The lowest BCUT2D eigenvalue weighted by atomic mass is 10.0. The van der Waals surface area contributed by atoms with Crippen molar-refractivity contribution < 1.29 is 28.7 Å². The van der Waals surface area contributed by atoms with Crippen molar-refractivity contribution in [2.45, 2.75) is 90.6 Å². The van der Waals surface area contributed by atoms with Crippen LogP contribution in [0.15, 0.2) is 66.9 Å². The second-order valence-electron chi connectivity index (χ2n) is 13.4. The standard InChI is InChI=1S/C36H48N6O6/c1-7-29-38-28(22-42(29)30(26-18-12-9-13-19-26)32(44)41-20-14-15-21-41)39-31(43)27(24-47-23-25-16-10-8-11-17-25)37-33(45)36(5,6)40-34(46)48-35(2,3)4/h8-13,16-19,22,27,30H,7,14-15,20-21,23-24H2,1-6H3,(H,37,45)(H,39,43)(H,40,46)/t27-,30?/m1/s1. The van der Waals surface area contributed by atoms with Crippen molar-refractivity contribution >= 4 is 29.6 Å². The molecule has 1 fully saturated rings. The molecule has 48 heavy (non-hydrogen) atoms. The van der Waals surface area contributed by atoms with Crippen LogP contribution < -0.4 is 16.0 Å². The smallest absolute Gasteiger partial charge is 0.408 e. The number of anilines is 1. The van der Waals surface area contributed by atoms with E-state index in [1.807, 2.05) is 77.1 Å². The van der Waals surface area contributed by atoms with Gasteiger partial charge in [-0.2, -0.15) is 0 Å². The summed E-state index contributed by atoms with van der Waals surface area (Å²) in [7, 11) is 0. The third kappa shape index (κ3) is 9.90. The normalized spacial score (nSPS) is 14.6. The SMILES string of the molecule is CCc1nc(NC(=O)[C@@H](COCc2ccccc2)NC(=O)C(C)(C)NC(=O)OC(C)(C)C)cn1C(C(=O)N1CCCC1)c1ccccc1. The molecule has 1 aromatic heterocycles. The molecule has 4 rings (SSSR count). The van der Waals surface area contributed by atoms with Gasteiger partial charge in [0, 0.05) is 25.7 Å². The van der Waals surface area contributed by atoms with Gasteiger partial charge >= 0.3 is 6.09 Å². The minimum atomic E-state index is -1.42. The van der Waals surface area contributed by atoms with Crippen LogP contribution in [-0.2, 0) is 36.9 Å². The van der Waals surface area contributed by atoms with Gasteiger partial charge in [-0.3, -0.25) is 14.4 Å². The van der Waals surface area contributed by atoms with E-state index >= 15 is 0 Å². The molecule has 3 N–H and O–H groups in total. The summed E-state index contributed by atoms with van der Waals surface area (Å²) in [5.74, 6) is -0.352. The van der Waals surface area contributed by atoms with E-state index in [4.69, 9.17) is 9.47 Å². The molecule has 2 heterocycles. The molecule has 12 heteroatoms. The first-order chi connectivity index (χ1) is 22.8. The summed E-state index contributed by atoms with van der Waals surface area (Å²) in [4.78, 5) is 60.1. The van der Waals surface area contributed by atoms with Crippen LogP contribution in [0.25, 0.3) is 0 Å². The summed E-state index contributed by atoms with van der Waals surface area (Å²) in [6, 6.07) is 17.2. The lowest BCUT2D eigenvalue weighted by Crippen LogP contribution is -2.59. The van der Waals surface area contributed by atoms with Crippen molar-refractivity contribution in [1.82, 2.24) is 25.1 Å². The zero-order valence-electron chi connectivity index (χ0n) is 28.7. The Bertz CT molecular complexity index is 1540. The Morgan fingerprint density at radius 2 is 1.54 bits per heavy atom. The number of nitrogens with zero attached hydrogens (tertiary/aromatic N) is 3. The van der Waals surface area contributed by atoms with Crippen molar-refractivity contribution in [2.75, 3.05) is 25.0 Å². The highest BCUT2D eigenvalue weighted by molar-refractivity contribution is 5.98. The molecule has 1 aliphatic rings. The molecule has 0 spiro atoms. The maximum absolute atomic E-state index is 13.8. The Morgan fingerprint density at radius 1 is 0.917 bits per heavy atom. The molecule has 0 radical (unpaired) electrons. The number of alkyl carbamates (subject to hydrolysis) is 1. The summed E-state index contributed by atoms with van der Waals surface area (Å²) < 4.78 is 13.0. The fraction of sp³-hybridized carbons (Fsp3) is 0.472. The number of ether oxygens (including phenoxy) is 2. The van der Waals surface area contributed by atoms with E-state index in [2.05, 4.69) is 20.9 Å². The van der Waals surface area contributed by atoms with Crippen LogP contribution in [-0.4, -0.2) is 75.1 Å². The molecule has 4 amide bonds. The van der Waals surface area contributed by atoms with Crippen LogP contribution >= 0.6 is 0 Å². The van der Waals surface area contributed by atoms with E-state index in [0.29, 0.717) is 25.3 Å². The molecule has 258 valence electrons. The molecular weight excluding hydrogens is 612 g/mol. The van der Waals surface area contributed by atoms with Gasteiger partial charge in [-0.1, -0.05) is 67.6 Å². The van der Waals surface area contributed by atoms with E-state index < -0.39 is 41.1 Å². The third-order valence-electron chi connectivity index (χ3n) is 7.82. The highest BCUT2D eigenvalue weighted by Gasteiger charge is 2.35. The average Bonchev–Trinajstić information content (AvgIpc) is 3.71. The monoisotopic (exact) mass is 660 g/mol. The van der Waals surface area contributed by atoms with Crippen LogP contribution in [0, 0.1) is 0 Å². The number of nitrogens with one attached hydrogen (secondary N) is 3. The highest BCUT2D eigenvalue weighted by Crippen LogP contribution is 2.27. The van der Waals surface area contributed by atoms with Crippen molar-refractivity contribution in [3.05, 3.63) is 83.8 Å². The molecular formula is C36H48N6O6. The van der Waals surface area contributed by atoms with Gasteiger partial charge in [0.05, 0.1) is 13.2 Å². The fourth-order valence-electron chi connectivity index (χ4n) is 5.36. The summed E-state index contributed by atoms with van der Waals surface area (Å²) in [6.07, 6.45) is 3.33. The molecule has 1 saturated heterocycles. The number of carbonyl (C=O) groups is 4. The Labute approximate surface area is 282 Å². The van der Waals surface area contributed by atoms with Crippen molar-refractivity contribution in [3.8, 4) is 0 Å². The Kier molecular flexibility index (Phi) is 12.0. The lowest BCUT2D eigenvalue weighted by Gasteiger charge is -2.29. The number of aromatic nitrogens is 2. The average molecular weight is 661 g/mol. The predicted molar refractivity (Wildman–Crippen MR) is 182 cm³/mol. The van der Waals surface area contributed by atoms with Crippen molar-refractivity contribution in [1.29, 1.82) is 0 Å². The number of amides is 4. The van der Waals surface area contributed by atoms with E-state index in [0.717, 1.165) is 24.0 Å². The van der Waals surface area contributed by atoms with Gasteiger partial charge in [-0.05, 0) is 58.6 Å². The summed E-state index contributed by atoms with van der Waals surface area (Å²) in [5.41, 5.74) is -0.464. The van der Waals surface area contributed by atoms with Crippen LogP contribution in [0.4, 0.5) is 10.6 Å². The third-order valence-corrected chi connectivity index (χ3v) is 7.82. The van der Waals surface area contributed by atoms with Crippen LogP contribution in [0.2, 0.25) is 0 Å². The van der Waals surface area contributed by atoms with Gasteiger partial charge in [0.2, 0.25) is 11.8 Å². The molecule has 12 nitrogen and oxygen atoms in total. The first-order valence-electron chi connectivity index (χ1n) is 16.4.